The van der Waals surface area contributed by atoms with Crippen molar-refractivity contribution in [2.75, 3.05) is 24.7 Å². The first kappa shape index (κ1) is 26.9. The van der Waals surface area contributed by atoms with E-state index < -0.39 is 30.0 Å². The molecular weight excluding hydrogens is 491 g/mol. The molecule has 1 aliphatic heterocycles. The number of alkyl halides is 3. The molecule has 2 aliphatic rings. The molecule has 4 rings (SSSR count). The van der Waals surface area contributed by atoms with Crippen molar-refractivity contribution < 1.29 is 41.4 Å². The second-order valence-corrected chi connectivity index (χ2v) is 9.50. The van der Waals surface area contributed by atoms with Crippen LogP contribution in [-0.4, -0.2) is 49.7 Å². The molecule has 2 aromatic rings. The molecule has 1 aromatic carbocycles. The van der Waals surface area contributed by atoms with E-state index >= 15 is 0 Å². The van der Waals surface area contributed by atoms with E-state index in [9.17, 15) is 27.6 Å². The van der Waals surface area contributed by atoms with Gasteiger partial charge in [0.1, 0.15) is 11.3 Å². The number of amides is 1. The van der Waals surface area contributed by atoms with Gasteiger partial charge in [0.25, 0.3) is 0 Å². The smallest absolute Gasteiger partial charge is 0.391 e. The molecule has 0 N–H and O–H groups in total. The molecule has 2 fully saturated rings. The van der Waals surface area contributed by atoms with Gasteiger partial charge in [-0.1, -0.05) is 24.3 Å². The van der Waals surface area contributed by atoms with Gasteiger partial charge in [0.2, 0.25) is 11.8 Å². The molecule has 10 heteroatoms. The minimum atomic E-state index is -4.28. The number of hydrogen-bond acceptors (Lipinski definition) is 6. The van der Waals surface area contributed by atoms with Gasteiger partial charge in [-0.2, -0.15) is 13.2 Å². The fourth-order valence-corrected chi connectivity index (χ4v) is 4.96. The summed E-state index contributed by atoms with van der Waals surface area (Å²) in [5.41, 5.74) is 1.15. The number of nitrogens with zero attached hydrogens (tertiary/aromatic N) is 1. The molecule has 0 radical (unpaired) electrons. The van der Waals surface area contributed by atoms with E-state index in [4.69, 9.17) is 13.9 Å². The van der Waals surface area contributed by atoms with Gasteiger partial charge in [0.15, 0.2) is 5.78 Å². The van der Waals surface area contributed by atoms with E-state index in [2.05, 4.69) is 0 Å². The summed E-state index contributed by atoms with van der Waals surface area (Å²) in [5.74, 6) is -2.90. The second kappa shape index (κ2) is 11.1. The summed E-state index contributed by atoms with van der Waals surface area (Å²) in [6.45, 7) is 3.84. The van der Waals surface area contributed by atoms with Crippen molar-refractivity contribution in [2.45, 2.75) is 58.2 Å². The predicted molar refractivity (Wildman–Crippen MR) is 128 cm³/mol. The molecule has 1 unspecified atom stereocenters. The molecule has 200 valence electrons. The molecule has 37 heavy (non-hydrogen) atoms. The van der Waals surface area contributed by atoms with Crippen molar-refractivity contribution in [3.05, 3.63) is 41.5 Å². The van der Waals surface area contributed by atoms with Crippen molar-refractivity contribution in [1.29, 1.82) is 0 Å². The molecule has 1 saturated carbocycles. The summed E-state index contributed by atoms with van der Waals surface area (Å²) >= 11 is 0. The second-order valence-electron chi connectivity index (χ2n) is 9.50. The van der Waals surface area contributed by atoms with Crippen LogP contribution in [0.1, 0.15) is 66.7 Å². The number of halogens is 3. The standard InChI is InChI=1S/C27H30F3NO6/c1-3-36-26(34)22-14-23(18-6-4-17(5-7-18)16(2)32)37-25(22)31(21-12-13-35-15-21)24(33)19-8-10-20(11-9-19)27(28,29)30/h4-7,14,19-21H,3,8-13,15H2,1-2H3. The number of Topliss-reactive ketones (excluding diaryl/α,β-unsaturated/α-hetero) is 1. The molecule has 0 spiro atoms. The number of carbonyl (C=O) groups is 3. The molecule has 7 nitrogen and oxygen atoms in total. The molecule has 2 heterocycles. The Hall–Kier alpha value is -3.14. The van der Waals surface area contributed by atoms with Crippen LogP contribution >= 0.6 is 0 Å². The zero-order valence-electron chi connectivity index (χ0n) is 20.8. The van der Waals surface area contributed by atoms with E-state index in [0.29, 0.717) is 29.9 Å². The Balaban J connectivity index is 1.70. The molecule has 0 bridgehead atoms. The fraction of sp³-hybridized carbons (Fsp3) is 0.519. The highest BCUT2D eigenvalue weighted by atomic mass is 19.4. The van der Waals surface area contributed by atoms with Gasteiger partial charge in [0, 0.05) is 29.7 Å². The molecule has 1 atom stereocenters. The van der Waals surface area contributed by atoms with Gasteiger partial charge < -0.3 is 13.9 Å². The lowest BCUT2D eigenvalue weighted by atomic mass is 9.81. The monoisotopic (exact) mass is 521 g/mol. The van der Waals surface area contributed by atoms with Gasteiger partial charge in [-0.05, 0) is 46.0 Å². The predicted octanol–water partition coefficient (Wildman–Crippen LogP) is 5.82. The zero-order chi connectivity index (χ0) is 26.7. The number of furan rings is 1. The van der Waals surface area contributed by atoms with Crippen LogP contribution in [-0.2, 0) is 14.3 Å². The largest absolute Gasteiger partial charge is 0.462 e. The highest BCUT2D eigenvalue weighted by molar-refractivity contribution is 6.03. The van der Waals surface area contributed by atoms with Crippen molar-refractivity contribution in [1.82, 2.24) is 0 Å². The zero-order valence-corrected chi connectivity index (χ0v) is 20.8. The average molecular weight is 522 g/mol. The summed E-state index contributed by atoms with van der Waals surface area (Å²) in [4.78, 5) is 39.7. The van der Waals surface area contributed by atoms with Crippen LogP contribution in [0.15, 0.2) is 34.7 Å². The van der Waals surface area contributed by atoms with Crippen LogP contribution in [0, 0.1) is 11.8 Å². The number of benzene rings is 1. The molecule has 1 aliphatic carbocycles. The third-order valence-electron chi connectivity index (χ3n) is 7.05. The van der Waals surface area contributed by atoms with E-state index in [1.807, 2.05) is 0 Å². The maximum absolute atomic E-state index is 13.8. The van der Waals surface area contributed by atoms with Crippen LogP contribution in [0.2, 0.25) is 0 Å². The van der Waals surface area contributed by atoms with Gasteiger partial charge in [0.05, 0.1) is 25.2 Å². The topological polar surface area (TPSA) is 86.1 Å². The number of rotatable bonds is 7. The van der Waals surface area contributed by atoms with Crippen molar-refractivity contribution >= 4 is 23.5 Å². The van der Waals surface area contributed by atoms with Gasteiger partial charge >= 0.3 is 12.1 Å². The number of hydrogen-bond donors (Lipinski definition) is 0. The van der Waals surface area contributed by atoms with Crippen LogP contribution in [0.3, 0.4) is 0 Å². The first-order valence-corrected chi connectivity index (χ1v) is 12.5. The van der Waals surface area contributed by atoms with E-state index in [0.717, 1.165) is 0 Å². The molecular formula is C27H30F3NO6. The SMILES string of the molecule is CCOC(=O)c1cc(-c2ccc(C(C)=O)cc2)oc1N(C(=O)C1CCC(C(F)(F)F)CC1)C1CCOC1. The lowest BCUT2D eigenvalue weighted by Crippen LogP contribution is -2.46. The van der Waals surface area contributed by atoms with Crippen molar-refractivity contribution in [3.63, 3.8) is 0 Å². The number of anilines is 1. The Bertz CT molecular complexity index is 1130. The highest BCUT2D eigenvalue weighted by Crippen LogP contribution is 2.42. The van der Waals surface area contributed by atoms with Crippen LogP contribution < -0.4 is 4.90 Å². The quantitative estimate of drug-likeness (QED) is 0.337. The minimum absolute atomic E-state index is 0.00235. The molecule has 1 saturated heterocycles. The Morgan fingerprint density at radius 1 is 1.05 bits per heavy atom. The van der Waals surface area contributed by atoms with E-state index in [-0.39, 0.29) is 62.0 Å². The lowest BCUT2D eigenvalue weighted by molar-refractivity contribution is -0.184. The third kappa shape index (κ3) is 5.89. The van der Waals surface area contributed by atoms with E-state index in [1.54, 1.807) is 31.2 Å². The maximum atomic E-state index is 13.8. The Labute approximate surface area is 212 Å². The lowest BCUT2D eigenvalue weighted by Gasteiger charge is -2.34. The van der Waals surface area contributed by atoms with Gasteiger partial charge in [-0.25, -0.2) is 4.79 Å². The summed E-state index contributed by atoms with van der Waals surface area (Å²) < 4.78 is 56.4. The van der Waals surface area contributed by atoms with Crippen LogP contribution in [0.25, 0.3) is 11.3 Å². The summed E-state index contributed by atoms with van der Waals surface area (Å²) in [5, 5.41) is 0. The fourth-order valence-electron chi connectivity index (χ4n) is 4.96. The highest BCUT2D eigenvalue weighted by Gasteiger charge is 2.45. The number of ether oxygens (including phenoxy) is 2. The minimum Gasteiger partial charge on any atom is -0.462 e. The van der Waals surface area contributed by atoms with Crippen LogP contribution in [0.4, 0.5) is 19.1 Å². The average Bonchev–Trinajstić information content (AvgIpc) is 3.55. The number of carbonyl (C=O) groups excluding carboxylic acids is 3. The van der Waals surface area contributed by atoms with E-state index in [1.165, 1.54) is 17.9 Å². The molecule has 1 amide bonds. The molecule has 1 aromatic heterocycles. The number of esters is 1. The van der Waals surface area contributed by atoms with Gasteiger partial charge in [-0.3, -0.25) is 14.5 Å². The Morgan fingerprint density at radius 3 is 2.27 bits per heavy atom. The first-order chi connectivity index (χ1) is 17.6. The first-order valence-electron chi connectivity index (χ1n) is 12.5. The number of ketones is 1. The van der Waals surface area contributed by atoms with Crippen LogP contribution in [0.5, 0.6) is 0 Å². The Kier molecular flexibility index (Phi) is 8.06. The summed E-state index contributed by atoms with van der Waals surface area (Å²) in [7, 11) is 0. The van der Waals surface area contributed by atoms with Crippen molar-refractivity contribution in [3.8, 4) is 11.3 Å². The Morgan fingerprint density at radius 2 is 1.73 bits per heavy atom. The van der Waals surface area contributed by atoms with Crippen molar-refractivity contribution in [2.24, 2.45) is 11.8 Å². The normalized spacial score (nSPS) is 22.0. The van der Waals surface area contributed by atoms with Gasteiger partial charge in [-0.15, -0.1) is 0 Å². The third-order valence-corrected chi connectivity index (χ3v) is 7.05. The maximum Gasteiger partial charge on any atom is 0.391 e. The summed E-state index contributed by atoms with van der Waals surface area (Å²) in [6, 6.07) is 7.69. The summed E-state index contributed by atoms with van der Waals surface area (Å²) in [6.07, 6.45) is -3.83.